The van der Waals surface area contributed by atoms with Crippen molar-refractivity contribution in [2.24, 2.45) is 0 Å². The molecule has 0 saturated carbocycles. The average Bonchev–Trinajstić information content (AvgIpc) is 3.19. The van der Waals surface area contributed by atoms with Gasteiger partial charge in [-0.05, 0) is 42.0 Å². The van der Waals surface area contributed by atoms with Gasteiger partial charge in [0.1, 0.15) is 6.04 Å². The monoisotopic (exact) mass is 361 g/mol. The Kier molecular flexibility index (Phi) is 4.67. The minimum atomic E-state index is -0.262. The van der Waals surface area contributed by atoms with Gasteiger partial charge in [0.2, 0.25) is 11.8 Å². The number of nitrogens with one attached hydrogen (secondary N) is 1. The largest absolute Gasteiger partial charge is 0.418 e. The van der Waals surface area contributed by atoms with Gasteiger partial charge in [-0.1, -0.05) is 60.1 Å². The first-order valence-electron chi connectivity index (χ1n) is 8.25. The maximum atomic E-state index is 5.98. The molecule has 0 aliphatic heterocycles. The third-order valence-corrected chi connectivity index (χ3v) is 4.25. The maximum absolute atomic E-state index is 5.98. The Labute approximate surface area is 156 Å². The van der Waals surface area contributed by atoms with Crippen molar-refractivity contribution in [2.45, 2.75) is 6.04 Å². The second kappa shape index (κ2) is 7.42. The van der Waals surface area contributed by atoms with Gasteiger partial charge in [-0.3, -0.25) is 0 Å². The first-order valence-corrected chi connectivity index (χ1v) is 8.63. The molecule has 128 valence electrons. The summed E-state index contributed by atoms with van der Waals surface area (Å²) >= 11 is 5.98. The third-order valence-electron chi connectivity index (χ3n) is 4.00. The summed E-state index contributed by atoms with van der Waals surface area (Å²) in [5.41, 5.74) is 2.85. The van der Waals surface area contributed by atoms with Crippen molar-refractivity contribution in [2.75, 3.05) is 5.32 Å². The topological polar surface area (TPSA) is 51.0 Å². The fraction of sp³-hybridized carbons (Fsp3) is 0.0476. The van der Waals surface area contributed by atoms with Crippen LogP contribution < -0.4 is 5.32 Å². The molecule has 0 spiro atoms. The predicted octanol–water partition coefficient (Wildman–Crippen LogP) is 5.59. The molecular weight excluding hydrogens is 346 g/mol. The van der Waals surface area contributed by atoms with Gasteiger partial charge in [-0.2, -0.15) is 0 Å². The van der Waals surface area contributed by atoms with Crippen LogP contribution in [0, 0.1) is 0 Å². The molecule has 0 amide bonds. The van der Waals surface area contributed by atoms with E-state index in [2.05, 4.69) is 15.5 Å². The maximum Gasteiger partial charge on any atom is 0.247 e. The van der Waals surface area contributed by atoms with E-state index >= 15 is 0 Å². The van der Waals surface area contributed by atoms with Gasteiger partial charge >= 0.3 is 0 Å². The van der Waals surface area contributed by atoms with Crippen LogP contribution in [0.4, 0.5) is 5.69 Å². The van der Waals surface area contributed by atoms with Crippen molar-refractivity contribution < 1.29 is 4.42 Å². The van der Waals surface area contributed by atoms with Crippen LogP contribution in [0.3, 0.4) is 0 Å². The van der Waals surface area contributed by atoms with E-state index in [9.17, 15) is 0 Å². The molecule has 26 heavy (non-hydrogen) atoms. The summed E-state index contributed by atoms with van der Waals surface area (Å²) in [4.78, 5) is 0. The normalized spacial score (nSPS) is 11.9. The first kappa shape index (κ1) is 16.4. The molecule has 5 heteroatoms. The number of hydrogen-bond donors (Lipinski definition) is 1. The van der Waals surface area contributed by atoms with Crippen molar-refractivity contribution in [1.82, 2.24) is 10.2 Å². The minimum Gasteiger partial charge on any atom is -0.418 e. The molecule has 1 atom stereocenters. The summed E-state index contributed by atoms with van der Waals surface area (Å²) in [7, 11) is 0. The highest BCUT2D eigenvalue weighted by Crippen LogP contribution is 2.28. The van der Waals surface area contributed by atoms with Crippen molar-refractivity contribution in [3.05, 3.63) is 101 Å². The van der Waals surface area contributed by atoms with Gasteiger partial charge in [0.15, 0.2) is 0 Å². The number of anilines is 1. The number of hydrogen-bond acceptors (Lipinski definition) is 4. The molecule has 4 nitrogen and oxygen atoms in total. The fourth-order valence-corrected chi connectivity index (χ4v) is 2.82. The number of benzene rings is 3. The summed E-state index contributed by atoms with van der Waals surface area (Å²) in [6, 6.07) is 27.0. The van der Waals surface area contributed by atoms with Gasteiger partial charge in [-0.25, -0.2) is 0 Å². The number of halogens is 1. The first-order chi connectivity index (χ1) is 12.8. The summed E-state index contributed by atoms with van der Waals surface area (Å²) in [5.74, 6) is 1.00. The van der Waals surface area contributed by atoms with Crippen LogP contribution in [-0.2, 0) is 0 Å². The number of nitrogens with zero attached hydrogens (tertiary/aromatic N) is 2. The van der Waals surface area contributed by atoms with Crippen LogP contribution in [0.5, 0.6) is 0 Å². The fourth-order valence-electron chi connectivity index (χ4n) is 2.69. The Morgan fingerprint density at radius 1 is 0.769 bits per heavy atom. The van der Waals surface area contributed by atoms with Crippen molar-refractivity contribution >= 4 is 17.3 Å². The van der Waals surface area contributed by atoms with E-state index in [0.29, 0.717) is 16.8 Å². The van der Waals surface area contributed by atoms with E-state index in [1.807, 2.05) is 84.9 Å². The highest BCUT2D eigenvalue weighted by molar-refractivity contribution is 6.30. The van der Waals surface area contributed by atoms with E-state index in [0.717, 1.165) is 16.8 Å². The molecular formula is C21H16ClN3O. The smallest absolute Gasteiger partial charge is 0.247 e. The van der Waals surface area contributed by atoms with E-state index < -0.39 is 0 Å². The molecule has 0 unspecified atom stereocenters. The van der Waals surface area contributed by atoms with Gasteiger partial charge in [0.05, 0.1) is 0 Å². The molecule has 0 aliphatic rings. The van der Waals surface area contributed by atoms with E-state index in [1.165, 1.54) is 0 Å². The zero-order valence-electron chi connectivity index (χ0n) is 13.8. The van der Waals surface area contributed by atoms with E-state index in [-0.39, 0.29) is 6.04 Å². The molecule has 0 bridgehead atoms. The van der Waals surface area contributed by atoms with Crippen LogP contribution in [0.2, 0.25) is 5.02 Å². The molecule has 4 rings (SSSR count). The lowest BCUT2D eigenvalue weighted by Gasteiger charge is -2.17. The Balaban J connectivity index is 1.69. The second-order valence-corrected chi connectivity index (χ2v) is 6.24. The molecule has 1 aromatic heterocycles. The van der Waals surface area contributed by atoms with Crippen LogP contribution in [0.1, 0.15) is 17.5 Å². The average molecular weight is 362 g/mol. The highest BCUT2D eigenvalue weighted by Gasteiger charge is 2.21. The predicted molar refractivity (Wildman–Crippen MR) is 103 cm³/mol. The van der Waals surface area contributed by atoms with Gasteiger partial charge < -0.3 is 9.73 Å². The van der Waals surface area contributed by atoms with E-state index in [1.54, 1.807) is 0 Å². The van der Waals surface area contributed by atoms with Crippen LogP contribution >= 0.6 is 11.6 Å². The lowest BCUT2D eigenvalue weighted by atomic mass is 10.1. The van der Waals surface area contributed by atoms with Crippen LogP contribution in [0.25, 0.3) is 11.5 Å². The summed E-state index contributed by atoms with van der Waals surface area (Å²) < 4.78 is 5.97. The lowest BCUT2D eigenvalue weighted by Crippen LogP contribution is -2.12. The minimum absolute atomic E-state index is 0.262. The molecule has 4 aromatic rings. The highest BCUT2D eigenvalue weighted by atomic mass is 35.5. The quantitative estimate of drug-likeness (QED) is 0.503. The van der Waals surface area contributed by atoms with Gasteiger partial charge in [0, 0.05) is 16.3 Å². The van der Waals surface area contributed by atoms with Crippen molar-refractivity contribution in [3.63, 3.8) is 0 Å². The third kappa shape index (κ3) is 3.60. The summed E-state index contributed by atoms with van der Waals surface area (Å²) in [6.07, 6.45) is 0. The van der Waals surface area contributed by atoms with Gasteiger partial charge in [0.25, 0.3) is 0 Å². The van der Waals surface area contributed by atoms with Gasteiger partial charge in [-0.15, -0.1) is 10.2 Å². The molecule has 3 aromatic carbocycles. The van der Waals surface area contributed by atoms with Crippen LogP contribution in [-0.4, -0.2) is 10.2 Å². The standard InChI is InChI=1S/C21H16ClN3O/c22-17-11-13-18(14-12-17)23-19(15-7-3-1-4-8-15)21-25-24-20(26-21)16-9-5-2-6-10-16/h1-14,19,23H/t19-/m0/s1. The lowest BCUT2D eigenvalue weighted by molar-refractivity contribution is 0.494. The molecule has 0 radical (unpaired) electrons. The molecule has 1 heterocycles. The summed E-state index contributed by atoms with van der Waals surface area (Å²) in [6.45, 7) is 0. The molecule has 0 aliphatic carbocycles. The molecule has 0 fully saturated rings. The zero-order valence-corrected chi connectivity index (χ0v) is 14.6. The summed E-state index contributed by atoms with van der Waals surface area (Å²) in [5, 5.41) is 12.6. The Morgan fingerprint density at radius 3 is 2.12 bits per heavy atom. The zero-order chi connectivity index (χ0) is 17.8. The Hall–Kier alpha value is -3.11. The van der Waals surface area contributed by atoms with Crippen molar-refractivity contribution in [3.8, 4) is 11.5 Å². The molecule has 0 saturated heterocycles. The number of aromatic nitrogens is 2. The molecule has 1 N–H and O–H groups in total. The van der Waals surface area contributed by atoms with Crippen molar-refractivity contribution in [1.29, 1.82) is 0 Å². The Bertz CT molecular complexity index is 969. The van der Waals surface area contributed by atoms with E-state index in [4.69, 9.17) is 16.0 Å². The van der Waals surface area contributed by atoms with Crippen LogP contribution in [0.15, 0.2) is 89.3 Å². The Morgan fingerprint density at radius 2 is 1.42 bits per heavy atom. The number of rotatable bonds is 5. The SMILES string of the molecule is Clc1ccc(N[C@@H](c2ccccc2)c2nnc(-c3ccccc3)o2)cc1. The second-order valence-electron chi connectivity index (χ2n) is 5.81.